The first-order chi connectivity index (χ1) is 3.27. The maximum absolute atomic E-state index is 5.27. The second-order valence-corrected chi connectivity index (χ2v) is 1.91. The summed E-state index contributed by atoms with van der Waals surface area (Å²) >= 11 is 1.56. The summed E-state index contributed by atoms with van der Waals surface area (Å²) in [7, 11) is 0. The maximum Gasteiger partial charge on any atom is 0.0946 e. The van der Waals surface area contributed by atoms with Gasteiger partial charge in [0.25, 0.3) is 0 Å². The van der Waals surface area contributed by atoms with Crippen molar-refractivity contribution in [1.82, 2.24) is 0 Å². The highest BCUT2D eigenvalue weighted by Gasteiger charge is 1.78. The van der Waals surface area contributed by atoms with E-state index in [9.17, 15) is 0 Å². The summed E-state index contributed by atoms with van der Waals surface area (Å²) < 4.78 is 0. The van der Waals surface area contributed by atoms with Crippen molar-refractivity contribution in [2.45, 2.75) is 13.1 Å². The van der Waals surface area contributed by atoms with Crippen LogP contribution in [0.2, 0.25) is 0 Å². The molecule has 0 aromatic rings. The first-order valence-corrected chi connectivity index (χ1v) is 3.36. The average molecular weight is 118 g/mol. The third-order valence-corrected chi connectivity index (χ3v) is 0.734. The number of nitrogens with two attached hydrogens (primary N) is 1. The van der Waals surface area contributed by atoms with E-state index < -0.39 is 0 Å². The molecule has 42 valence electrons. The van der Waals surface area contributed by atoms with Crippen LogP contribution in [-0.2, 0) is 0 Å². The van der Waals surface area contributed by atoms with Crippen LogP contribution in [0.5, 0.6) is 0 Å². The third kappa shape index (κ3) is 5.98. The number of aliphatic imine (C=N–C) groups is 1. The molecule has 0 saturated heterocycles. The Hall–Kier alpha value is -0.0200. The summed E-state index contributed by atoms with van der Waals surface area (Å²) in [5.41, 5.74) is 7.01. The van der Waals surface area contributed by atoms with Crippen LogP contribution in [0.25, 0.3) is 0 Å². The van der Waals surface area contributed by atoms with Crippen molar-refractivity contribution in [1.29, 1.82) is 0 Å². The molecule has 0 fully saturated rings. The van der Waals surface area contributed by atoms with E-state index in [1.165, 1.54) is 0 Å². The number of nitrogens with zero attached hydrogens (tertiary/aromatic N) is 1. The van der Waals surface area contributed by atoms with Gasteiger partial charge in [0.2, 0.25) is 0 Å². The molecule has 0 aliphatic rings. The molecule has 0 aliphatic heterocycles. The minimum absolute atomic E-state index is 0.0487. The van der Waals surface area contributed by atoms with Crippen molar-refractivity contribution in [3.8, 4) is 0 Å². The van der Waals surface area contributed by atoms with E-state index in [0.29, 0.717) is 0 Å². The zero-order chi connectivity index (χ0) is 5.70. The molecule has 0 aromatic carbocycles. The highest BCUT2D eigenvalue weighted by Crippen LogP contribution is 1.84. The molecular weight excluding hydrogens is 108 g/mol. The molecule has 2 nitrogen and oxygen atoms in total. The lowest BCUT2D eigenvalue weighted by atomic mass is 10.6. The van der Waals surface area contributed by atoms with Gasteiger partial charge in [-0.2, -0.15) is 0 Å². The first kappa shape index (κ1) is 6.98. The van der Waals surface area contributed by atoms with Gasteiger partial charge in [0.15, 0.2) is 0 Å². The number of thioether (sulfide) groups is 1. The van der Waals surface area contributed by atoms with E-state index in [1.807, 2.05) is 13.2 Å². The van der Waals surface area contributed by atoms with E-state index in [0.717, 1.165) is 0 Å². The highest BCUT2D eigenvalue weighted by atomic mass is 32.2. The standard InChI is InChI=1S/C4H10N2S/c1-4(5)6-3-7-2/h3-4H,5H2,1-2H3/b6-3-. The Labute approximate surface area is 48.2 Å². The summed E-state index contributed by atoms with van der Waals surface area (Å²) in [6.07, 6.45) is 1.90. The van der Waals surface area contributed by atoms with Crippen LogP contribution >= 0.6 is 11.8 Å². The summed E-state index contributed by atoms with van der Waals surface area (Å²) in [6, 6.07) is 0. The maximum atomic E-state index is 5.27. The molecule has 0 saturated carbocycles. The van der Waals surface area contributed by atoms with Gasteiger partial charge in [-0.05, 0) is 13.2 Å². The topological polar surface area (TPSA) is 38.4 Å². The van der Waals surface area contributed by atoms with Crippen molar-refractivity contribution < 1.29 is 0 Å². The molecule has 0 aromatic heterocycles. The molecule has 3 heteroatoms. The average Bonchev–Trinajstić information content (AvgIpc) is 1.61. The fraction of sp³-hybridized carbons (Fsp3) is 0.750. The van der Waals surface area contributed by atoms with Gasteiger partial charge in [-0.1, -0.05) is 0 Å². The van der Waals surface area contributed by atoms with Gasteiger partial charge in [-0.3, -0.25) is 4.99 Å². The molecule has 0 amide bonds. The van der Waals surface area contributed by atoms with Crippen molar-refractivity contribution in [2.24, 2.45) is 10.7 Å². The zero-order valence-electron chi connectivity index (χ0n) is 4.59. The van der Waals surface area contributed by atoms with Crippen LogP contribution in [0.4, 0.5) is 0 Å². The van der Waals surface area contributed by atoms with Crippen LogP contribution in [0, 0.1) is 0 Å². The highest BCUT2D eigenvalue weighted by molar-refractivity contribution is 8.11. The van der Waals surface area contributed by atoms with Crippen LogP contribution in [0.3, 0.4) is 0 Å². The SMILES string of the molecule is CS/C=N\C(C)N. The molecule has 0 bridgehead atoms. The van der Waals surface area contributed by atoms with Gasteiger partial charge in [0, 0.05) is 0 Å². The lowest BCUT2D eigenvalue weighted by molar-refractivity contribution is 0.799. The van der Waals surface area contributed by atoms with Gasteiger partial charge >= 0.3 is 0 Å². The van der Waals surface area contributed by atoms with E-state index in [-0.39, 0.29) is 6.17 Å². The van der Waals surface area contributed by atoms with Crippen molar-refractivity contribution >= 4 is 17.3 Å². The fourth-order valence-corrected chi connectivity index (χ4v) is 0.471. The van der Waals surface area contributed by atoms with E-state index in [1.54, 1.807) is 17.3 Å². The summed E-state index contributed by atoms with van der Waals surface area (Å²) in [5.74, 6) is 0. The summed E-state index contributed by atoms with van der Waals surface area (Å²) in [4.78, 5) is 3.86. The molecule has 0 spiro atoms. The van der Waals surface area contributed by atoms with Crippen LogP contribution in [-0.4, -0.2) is 18.0 Å². The van der Waals surface area contributed by atoms with Crippen molar-refractivity contribution in [3.63, 3.8) is 0 Å². The minimum Gasteiger partial charge on any atom is -0.310 e. The van der Waals surface area contributed by atoms with Gasteiger partial charge in [-0.25, -0.2) is 0 Å². The van der Waals surface area contributed by atoms with Gasteiger partial charge < -0.3 is 5.73 Å². The molecule has 0 heterocycles. The van der Waals surface area contributed by atoms with E-state index in [2.05, 4.69) is 4.99 Å². The molecule has 0 rings (SSSR count). The Morgan fingerprint density at radius 3 is 2.57 bits per heavy atom. The molecule has 1 unspecified atom stereocenters. The van der Waals surface area contributed by atoms with Crippen LogP contribution in [0.1, 0.15) is 6.92 Å². The molecule has 1 atom stereocenters. The third-order valence-electron chi connectivity index (χ3n) is 0.401. The minimum atomic E-state index is -0.0487. The second-order valence-electron chi connectivity index (χ2n) is 1.23. The normalized spacial score (nSPS) is 15.3. The predicted molar refractivity (Wildman–Crippen MR) is 35.7 cm³/mol. The second kappa shape index (κ2) is 4.15. The predicted octanol–water partition coefficient (Wildman–Crippen LogP) is 0.682. The molecular formula is C4H10N2S. The van der Waals surface area contributed by atoms with Gasteiger partial charge in [-0.15, -0.1) is 11.8 Å². The van der Waals surface area contributed by atoms with Gasteiger partial charge in [0.05, 0.1) is 11.7 Å². The smallest absolute Gasteiger partial charge is 0.0946 e. The monoisotopic (exact) mass is 118 g/mol. The largest absolute Gasteiger partial charge is 0.310 e. The number of hydrogen-bond donors (Lipinski definition) is 1. The molecule has 2 N–H and O–H groups in total. The van der Waals surface area contributed by atoms with Crippen molar-refractivity contribution in [2.75, 3.05) is 6.26 Å². The Morgan fingerprint density at radius 1 is 1.86 bits per heavy atom. The lowest BCUT2D eigenvalue weighted by Crippen LogP contribution is -2.10. The number of hydrogen-bond acceptors (Lipinski definition) is 3. The Balaban J connectivity index is 3.08. The fourth-order valence-electron chi connectivity index (χ4n) is 0.157. The molecule has 0 radical (unpaired) electrons. The quantitative estimate of drug-likeness (QED) is 0.428. The first-order valence-electron chi connectivity index (χ1n) is 2.07. The summed E-state index contributed by atoms with van der Waals surface area (Å²) in [5, 5.41) is 0. The molecule has 0 aliphatic carbocycles. The van der Waals surface area contributed by atoms with Crippen LogP contribution < -0.4 is 5.73 Å². The Morgan fingerprint density at radius 2 is 2.43 bits per heavy atom. The Kier molecular flexibility index (Phi) is 4.14. The Bertz CT molecular complexity index is 60.7. The van der Waals surface area contributed by atoms with Crippen molar-refractivity contribution in [3.05, 3.63) is 0 Å². The molecule has 7 heavy (non-hydrogen) atoms. The lowest BCUT2D eigenvalue weighted by Gasteiger charge is -1.90. The van der Waals surface area contributed by atoms with E-state index >= 15 is 0 Å². The summed E-state index contributed by atoms with van der Waals surface area (Å²) in [6.45, 7) is 1.84. The van der Waals surface area contributed by atoms with E-state index in [4.69, 9.17) is 5.73 Å². The number of rotatable bonds is 2. The van der Waals surface area contributed by atoms with Crippen LogP contribution in [0.15, 0.2) is 4.99 Å². The zero-order valence-corrected chi connectivity index (χ0v) is 5.40. The van der Waals surface area contributed by atoms with Gasteiger partial charge in [0.1, 0.15) is 0 Å².